The SMILES string of the molecule is O=C1OCCN1c1cc([N+](=O)[O-])ccc1N1CCCC(N2CCCCCC2)C1. The maximum Gasteiger partial charge on any atom is 0.414 e. The van der Waals surface area contributed by atoms with Crippen molar-refractivity contribution < 1.29 is 14.5 Å². The van der Waals surface area contributed by atoms with Crippen molar-refractivity contribution >= 4 is 23.2 Å². The van der Waals surface area contributed by atoms with Crippen molar-refractivity contribution in [3.8, 4) is 0 Å². The number of carbonyl (C=O) groups is 1. The minimum absolute atomic E-state index is 0.000437. The molecule has 0 aliphatic carbocycles. The smallest absolute Gasteiger partial charge is 0.414 e. The Morgan fingerprint density at radius 1 is 1.00 bits per heavy atom. The number of hydrogen-bond donors (Lipinski definition) is 0. The Morgan fingerprint density at radius 2 is 1.79 bits per heavy atom. The largest absolute Gasteiger partial charge is 0.447 e. The lowest BCUT2D eigenvalue weighted by atomic mass is 10.0. The number of carbonyl (C=O) groups excluding carboxylic acids is 1. The number of nitrogens with zero attached hydrogens (tertiary/aromatic N) is 4. The van der Waals surface area contributed by atoms with E-state index in [1.807, 2.05) is 0 Å². The molecule has 8 heteroatoms. The first-order valence-electron chi connectivity index (χ1n) is 10.4. The van der Waals surface area contributed by atoms with Crippen LogP contribution in [0.5, 0.6) is 0 Å². The number of likely N-dealkylation sites (tertiary alicyclic amines) is 1. The third-order valence-corrected chi connectivity index (χ3v) is 6.12. The minimum Gasteiger partial charge on any atom is -0.447 e. The second-order valence-electron chi connectivity index (χ2n) is 7.89. The fourth-order valence-electron chi connectivity index (χ4n) is 4.65. The van der Waals surface area contributed by atoms with Crippen molar-refractivity contribution in [2.45, 2.75) is 44.6 Å². The summed E-state index contributed by atoms with van der Waals surface area (Å²) in [7, 11) is 0. The number of nitro benzene ring substituents is 1. The molecule has 1 aromatic rings. The van der Waals surface area contributed by atoms with Crippen molar-refractivity contribution in [2.24, 2.45) is 0 Å². The van der Waals surface area contributed by atoms with Crippen LogP contribution in [0.4, 0.5) is 21.9 Å². The van der Waals surface area contributed by atoms with Gasteiger partial charge in [0.1, 0.15) is 6.61 Å². The highest BCUT2D eigenvalue weighted by molar-refractivity contribution is 5.94. The average Bonchev–Trinajstić information content (AvgIpc) is 2.96. The standard InChI is InChI=1S/C20H28N4O4/c25-20-23(12-13-28-20)19-14-16(24(26)27)7-8-18(19)22-11-5-6-17(15-22)21-9-3-1-2-4-10-21/h7-8,14,17H,1-6,9-13,15H2. The maximum atomic E-state index is 12.1. The fourth-order valence-corrected chi connectivity index (χ4v) is 4.65. The molecule has 3 aliphatic rings. The highest BCUT2D eigenvalue weighted by atomic mass is 16.6. The van der Waals surface area contributed by atoms with Gasteiger partial charge in [-0.25, -0.2) is 4.79 Å². The molecule has 1 aromatic carbocycles. The van der Waals surface area contributed by atoms with Crippen LogP contribution in [-0.2, 0) is 4.74 Å². The van der Waals surface area contributed by atoms with Gasteiger partial charge in [0.15, 0.2) is 0 Å². The summed E-state index contributed by atoms with van der Waals surface area (Å²) in [5, 5.41) is 11.3. The van der Waals surface area contributed by atoms with Gasteiger partial charge in [-0.3, -0.25) is 19.9 Å². The molecule has 0 radical (unpaired) electrons. The van der Waals surface area contributed by atoms with E-state index in [0.717, 1.165) is 38.3 Å². The number of cyclic esters (lactones) is 1. The van der Waals surface area contributed by atoms with E-state index < -0.39 is 11.0 Å². The lowest BCUT2D eigenvalue weighted by Gasteiger charge is -2.41. The van der Waals surface area contributed by atoms with E-state index in [1.54, 1.807) is 6.07 Å². The lowest BCUT2D eigenvalue weighted by Crippen LogP contribution is -2.48. The molecule has 0 aromatic heterocycles. The molecule has 1 atom stereocenters. The Labute approximate surface area is 165 Å². The molecule has 0 saturated carbocycles. The van der Waals surface area contributed by atoms with Crippen molar-refractivity contribution in [2.75, 3.05) is 49.1 Å². The van der Waals surface area contributed by atoms with Crippen LogP contribution in [0.3, 0.4) is 0 Å². The van der Waals surface area contributed by atoms with Gasteiger partial charge in [0.2, 0.25) is 0 Å². The Hall–Kier alpha value is -2.35. The predicted octanol–water partition coefficient (Wildman–Crippen LogP) is 3.40. The zero-order valence-corrected chi connectivity index (χ0v) is 16.2. The first-order chi connectivity index (χ1) is 13.6. The van der Waals surface area contributed by atoms with Gasteiger partial charge < -0.3 is 9.64 Å². The molecule has 0 N–H and O–H groups in total. The van der Waals surface area contributed by atoms with E-state index in [9.17, 15) is 14.9 Å². The Balaban J connectivity index is 1.60. The van der Waals surface area contributed by atoms with Crippen molar-refractivity contribution in [3.63, 3.8) is 0 Å². The number of ether oxygens (including phenoxy) is 1. The van der Waals surface area contributed by atoms with E-state index in [-0.39, 0.29) is 5.69 Å². The van der Waals surface area contributed by atoms with Crippen LogP contribution in [0.25, 0.3) is 0 Å². The summed E-state index contributed by atoms with van der Waals surface area (Å²) in [6.45, 7) is 4.85. The molecular weight excluding hydrogens is 360 g/mol. The Morgan fingerprint density at radius 3 is 2.46 bits per heavy atom. The second-order valence-corrected chi connectivity index (χ2v) is 7.89. The molecule has 1 amide bonds. The van der Waals surface area contributed by atoms with E-state index in [1.165, 1.54) is 49.1 Å². The van der Waals surface area contributed by atoms with Gasteiger partial charge in [0.05, 0.1) is 22.8 Å². The van der Waals surface area contributed by atoms with Crippen LogP contribution in [0.1, 0.15) is 38.5 Å². The summed E-state index contributed by atoms with van der Waals surface area (Å²) in [4.78, 5) is 29.5. The fraction of sp³-hybridized carbons (Fsp3) is 0.650. The molecule has 1 unspecified atom stereocenters. The second kappa shape index (κ2) is 8.34. The predicted molar refractivity (Wildman–Crippen MR) is 107 cm³/mol. The van der Waals surface area contributed by atoms with Gasteiger partial charge in [-0.15, -0.1) is 0 Å². The third kappa shape index (κ3) is 3.92. The number of rotatable bonds is 4. The van der Waals surface area contributed by atoms with Gasteiger partial charge in [-0.2, -0.15) is 0 Å². The number of piperidine rings is 1. The molecular formula is C20H28N4O4. The molecule has 0 spiro atoms. The number of hydrogen-bond acceptors (Lipinski definition) is 6. The quantitative estimate of drug-likeness (QED) is 0.581. The first-order valence-corrected chi connectivity index (χ1v) is 10.4. The summed E-state index contributed by atoms with van der Waals surface area (Å²) in [5.41, 5.74) is 1.48. The van der Waals surface area contributed by atoms with Gasteiger partial charge in [-0.05, 0) is 44.8 Å². The number of non-ortho nitro benzene ring substituents is 1. The molecule has 4 rings (SSSR count). The van der Waals surface area contributed by atoms with E-state index in [0.29, 0.717) is 24.9 Å². The zero-order chi connectivity index (χ0) is 19.5. The van der Waals surface area contributed by atoms with Crippen LogP contribution in [0.2, 0.25) is 0 Å². The molecule has 3 saturated heterocycles. The van der Waals surface area contributed by atoms with Crippen LogP contribution < -0.4 is 9.80 Å². The molecule has 8 nitrogen and oxygen atoms in total. The van der Waals surface area contributed by atoms with Crippen molar-refractivity contribution in [1.82, 2.24) is 4.90 Å². The summed E-state index contributed by atoms with van der Waals surface area (Å²) < 4.78 is 5.08. The lowest BCUT2D eigenvalue weighted by molar-refractivity contribution is -0.384. The van der Waals surface area contributed by atoms with Gasteiger partial charge in [-0.1, -0.05) is 12.8 Å². The van der Waals surface area contributed by atoms with E-state index >= 15 is 0 Å². The molecule has 0 bridgehead atoms. The van der Waals surface area contributed by atoms with Crippen LogP contribution in [0, 0.1) is 10.1 Å². The monoisotopic (exact) mass is 388 g/mol. The zero-order valence-electron chi connectivity index (χ0n) is 16.2. The molecule has 28 heavy (non-hydrogen) atoms. The molecule has 3 aliphatic heterocycles. The minimum atomic E-state index is -0.428. The maximum absolute atomic E-state index is 12.1. The number of nitro groups is 1. The Kier molecular flexibility index (Phi) is 5.66. The van der Waals surface area contributed by atoms with Gasteiger partial charge in [0.25, 0.3) is 5.69 Å². The highest BCUT2D eigenvalue weighted by Crippen LogP contribution is 2.36. The number of amides is 1. The summed E-state index contributed by atoms with van der Waals surface area (Å²) in [6.07, 6.45) is 7.00. The van der Waals surface area contributed by atoms with E-state index in [4.69, 9.17) is 4.74 Å². The summed E-state index contributed by atoms with van der Waals surface area (Å²) in [6, 6.07) is 5.34. The summed E-state index contributed by atoms with van der Waals surface area (Å²) in [5.74, 6) is 0. The summed E-state index contributed by atoms with van der Waals surface area (Å²) >= 11 is 0. The van der Waals surface area contributed by atoms with Gasteiger partial charge >= 0.3 is 6.09 Å². The van der Waals surface area contributed by atoms with Crippen molar-refractivity contribution in [1.29, 1.82) is 0 Å². The van der Waals surface area contributed by atoms with Crippen LogP contribution in [-0.4, -0.2) is 61.3 Å². The van der Waals surface area contributed by atoms with Crippen LogP contribution in [0.15, 0.2) is 18.2 Å². The third-order valence-electron chi connectivity index (χ3n) is 6.12. The average molecular weight is 388 g/mol. The first kappa shape index (κ1) is 19.0. The molecule has 3 fully saturated rings. The van der Waals surface area contributed by atoms with Gasteiger partial charge in [0, 0.05) is 31.3 Å². The number of anilines is 2. The normalized spacial score (nSPS) is 24.1. The van der Waals surface area contributed by atoms with Crippen LogP contribution >= 0.6 is 0 Å². The molecule has 152 valence electrons. The van der Waals surface area contributed by atoms with Crippen molar-refractivity contribution in [3.05, 3.63) is 28.3 Å². The van der Waals surface area contributed by atoms with E-state index in [2.05, 4.69) is 9.80 Å². The Bertz CT molecular complexity index is 733. The highest BCUT2D eigenvalue weighted by Gasteiger charge is 2.32. The molecule has 3 heterocycles. The topological polar surface area (TPSA) is 79.2 Å². The number of benzene rings is 1.